The van der Waals surface area contributed by atoms with Gasteiger partial charge in [-0.25, -0.2) is 0 Å². The molecule has 0 saturated heterocycles. The van der Waals surface area contributed by atoms with Crippen molar-refractivity contribution in [3.8, 4) is 11.5 Å². The number of aryl methyl sites for hydroxylation is 1. The van der Waals surface area contributed by atoms with Gasteiger partial charge < -0.3 is 29.2 Å². The first-order valence-corrected chi connectivity index (χ1v) is 13.0. The van der Waals surface area contributed by atoms with Crippen molar-refractivity contribution in [2.24, 2.45) is 0 Å². The van der Waals surface area contributed by atoms with E-state index in [9.17, 15) is 0 Å². The summed E-state index contributed by atoms with van der Waals surface area (Å²) in [6.45, 7) is 9.58. The van der Waals surface area contributed by atoms with Crippen molar-refractivity contribution >= 4 is 5.69 Å². The summed E-state index contributed by atoms with van der Waals surface area (Å²) >= 11 is 0. The van der Waals surface area contributed by atoms with Gasteiger partial charge in [-0.1, -0.05) is 111 Å². The van der Waals surface area contributed by atoms with Crippen LogP contribution in [0.25, 0.3) is 0 Å². The molecule has 40 heavy (non-hydrogen) atoms. The molecule has 0 saturated carbocycles. The Morgan fingerprint density at radius 1 is 0.600 bits per heavy atom. The number of benzene rings is 4. The van der Waals surface area contributed by atoms with Crippen molar-refractivity contribution < 1.29 is 42.2 Å². The van der Waals surface area contributed by atoms with E-state index in [1.54, 1.807) is 0 Å². The van der Waals surface area contributed by atoms with Crippen LogP contribution in [0.3, 0.4) is 0 Å². The van der Waals surface area contributed by atoms with Crippen LogP contribution in [0.15, 0.2) is 109 Å². The summed E-state index contributed by atoms with van der Waals surface area (Å²) < 4.78 is 11.2. The molecule has 6 rings (SSSR count). The third-order valence-electron chi connectivity index (χ3n) is 5.62. The van der Waals surface area contributed by atoms with E-state index < -0.39 is 0 Å². The van der Waals surface area contributed by atoms with Crippen LogP contribution >= 0.6 is 0 Å². The molecule has 2 heterocycles. The Hall–Kier alpha value is -2.66. The van der Waals surface area contributed by atoms with E-state index in [0.717, 1.165) is 24.6 Å². The van der Waals surface area contributed by atoms with Crippen molar-refractivity contribution in [2.75, 3.05) is 25.4 Å². The molecule has 0 atom stereocenters. The predicted molar refractivity (Wildman–Crippen MR) is 168 cm³/mol. The molecular formula is C35H46N2O2Y-2. The number of para-hydroxylation sites is 3. The standard InChI is InChI=1S/C14H13NO.C9H11NO.C7H8.C3H8.2CH3.Y/c1-2-7-13(8-3-1)15-10-12-6-4-5-9-14(12)16-11-15;1-10-6-8-4-2-3-5-9(8)11-7-10;1-7-5-3-2-4-6-7;1-3-2;;;/h1-9H,10-11H2;2-5H,6-7H2,1H3;2-6H,1H3;3H2,1-2H3;2*1H3;/q;;;;2*-1;. The Balaban J connectivity index is 0.000000558. The second kappa shape index (κ2) is 21.1. The molecule has 0 fully saturated rings. The number of anilines is 1. The fraction of sp³-hybridized carbons (Fsp3) is 0.257. The van der Waals surface area contributed by atoms with Gasteiger partial charge in [0.25, 0.3) is 0 Å². The Morgan fingerprint density at radius 2 is 1.02 bits per heavy atom. The first-order chi connectivity index (χ1) is 18.1. The van der Waals surface area contributed by atoms with E-state index in [0.29, 0.717) is 13.5 Å². The smallest absolute Gasteiger partial charge is 0.161 e. The van der Waals surface area contributed by atoms with Crippen molar-refractivity contribution in [3.05, 3.63) is 141 Å². The van der Waals surface area contributed by atoms with Gasteiger partial charge in [0.15, 0.2) is 6.73 Å². The number of fused-ring (bicyclic) bond motifs is 2. The van der Waals surface area contributed by atoms with E-state index >= 15 is 0 Å². The Bertz CT molecular complexity index is 1170. The molecule has 4 aromatic carbocycles. The largest absolute Gasteiger partial charge is 0.478 e. The first-order valence-electron chi connectivity index (χ1n) is 13.0. The summed E-state index contributed by atoms with van der Waals surface area (Å²) in [7, 11) is 2.05. The molecule has 2 aliphatic rings. The molecule has 0 unspecified atom stereocenters. The predicted octanol–water partition coefficient (Wildman–Crippen LogP) is 8.82. The topological polar surface area (TPSA) is 24.9 Å². The quantitative estimate of drug-likeness (QED) is 0.200. The molecule has 0 N–H and O–H groups in total. The minimum Gasteiger partial charge on any atom is -0.478 e. The number of rotatable bonds is 1. The summed E-state index contributed by atoms with van der Waals surface area (Å²) in [4.78, 5) is 4.37. The van der Waals surface area contributed by atoms with Crippen molar-refractivity contribution in [1.29, 1.82) is 0 Å². The summed E-state index contributed by atoms with van der Waals surface area (Å²) in [5.41, 5.74) is 5.05. The molecule has 4 nitrogen and oxygen atoms in total. The van der Waals surface area contributed by atoms with E-state index in [-0.39, 0.29) is 47.6 Å². The maximum Gasteiger partial charge on any atom is 0.161 e. The van der Waals surface area contributed by atoms with Gasteiger partial charge in [-0.05, 0) is 38.2 Å². The van der Waals surface area contributed by atoms with Crippen molar-refractivity contribution in [1.82, 2.24) is 4.90 Å². The zero-order valence-electron chi connectivity index (χ0n) is 25.2. The van der Waals surface area contributed by atoms with Gasteiger partial charge in [-0.3, -0.25) is 4.90 Å². The van der Waals surface area contributed by atoms with Crippen molar-refractivity contribution in [3.63, 3.8) is 0 Å². The molecule has 2 aliphatic heterocycles. The second-order valence-electron chi connectivity index (χ2n) is 9.17. The Morgan fingerprint density at radius 3 is 1.52 bits per heavy atom. The third kappa shape index (κ3) is 12.7. The number of hydrogen-bond donors (Lipinski definition) is 0. The van der Waals surface area contributed by atoms with Crippen LogP contribution in [0, 0.1) is 21.8 Å². The Labute approximate surface area is 269 Å². The van der Waals surface area contributed by atoms with Gasteiger partial charge in [0.2, 0.25) is 0 Å². The van der Waals surface area contributed by atoms with Gasteiger partial charge in [0.1, 0.15) is 18.2 Å². The van der Waals surface area contributed by atoms with Gasteiger partial charge in [0, 0.05) is 62.6 Å². The third-order valence-corrected chi connectivity index (χ3v) is 5.62. The summed E-state index contributed by atoms with van der Waals surface area (Å²) in [6.07, 6.45) is 1.25. The molecule has 0 aromatic heterocycles. The van der Waals surface area contributed by atoms with Gasteiger partial charge >= 0.3 is 0 Å². The monoisotopic (exact) mass is 615 g/mol. The van der Waals surface area contributed by atoms with Crippen LogP contribution in [0.4, 0.5) is 5.69 Å². The molecule has 0 bridgehead atoms. The fourth-order valence-corrected chi connectivity index (χ4v) is 3.80. The maximum atomic E-state index is 5.72. The molecule has 0 aliphatic carbocycles. The summed E-state index contributed by atoms with van der Waals surface area (Å²) in [5, 5.41) is 0. The van der Waals surface area contributed by atoms with Crippen LogP contribution in [0.1, 0.15) is 37.0 Å². The molecule has 213 valence electrons. The normalized spacial score (nSPS) is 12.3. The van der Waals surface area contributed by atoms with E-state index in [1.165, 1.54) is 28.8 Å². The van der Waals surface area contributed by atoms with Crippen LogP contribution in [0.5, 0.6) is 11.5 Å². The van der Waals surface area contributed by atoms with E-state index in [1.807, 2.05) is 54.6 Å². The van der Waals surface area contributed by atoms with Gasteiger partial charge in [0.05, 0.1) is 0 Å². The minimum absolute atomic E-state index is 0. The number of nitrogens with zero attached hydrogens (tertiary/aromatic N) is 2. The molecule has 5 heteroatoms. The average molecular weight is 616 g/mol. The molecule has 4 aromatic rings. The van der Waals surface area contributed by atoms with Crippen LogP contribution in [-0.4, -0.2) is 25.4 Å². The zero-order chi connectivity index (χ0) is 26.3. The average Bonchev–Trinajstić information content (AvgIpc) is 2.95. The zero-order valence-corrected chi connectivity index (χ0v) is 28.1. The summed E-state index contributed by atoms with van der Waals surface area (Å²) in [5.74, 6) is 2.04. The second-order valence-corrected chi connectivity index (χ2v) is 9.17. The Kier molecular flexibility index (Phi) is 19.7. The maximum absolute atomic E-state index is 5.72. The summed E-state index contributed by atoms with van der Waals surface area (Å²) in [6, 6.07) is 37.0. The van der Waals surface area contributed by atoms with Crippen LogP contribution < -0.4 is 14.4 Å². The fourth-order valence-electron chi connectivity index (χ4n) is 3.80. The molecule has 1 radical (unpaired) electrons. The first kappa shape index (κ1) is 37.3. The SMILES string of the molecule is CCC.CN1COc2ccccc2C1.Cc1ccccc1.[CH3-].[CH3-].[Y].c1ccc(N2COc3ccccc3C2)cc1. The van der Waals surface area contributed by atoms with E-state index in [2.05, 4.69) is 92.2 Å². The van der Waals surface area contributed by atoms with Gasteiger partial charge in [-0.2, -0.15) is 0 Å². The molecule has 0 spiro atoms. The van der Waals surface area contributed by atoms with Crippen LogP contribution in [-0.2, 0) is 45.8 Å². The molecule has 0 amide bonds. The van der Waals surface area contributed by atoms with Gasteiger partial charge in [-0.15, -0.1) is 0 Å². The number of hydrogen-bond acceptors (Lipinski definition) is 4. The minimum atomic E-state index is 0. The van der Waals surface area contributed by atoms with E-state index in [4.69, 9.17) is 9.47 Å². The number of ether oxygens (including phenoxy) is 2. The van der Waals surface area contributed by atoms with Crippen LogP contribution in [0.2, 0.25) is 0 Å². The molecular weight excluding hydrogens is 569 g/mol. The van der Waals surface area contributed by atoms with Crippen molar-refractivity contribution in [2.45, 2.75) is 40.3 Å².